The Kier molecular flexibility index (Phi) is 5.23. The van der Waals surface area contributed by atoms with Crippen LogP contribution in [0.3, 0.4) is 0 Å². The Balaban J connectivity index is 1.68. The number of rotatable bonds is 4. The molecule has 28 heavy (non-hydrogen) atoms. The van der Waals surface area contributed by atoms with E-state index in [2.05, 4.69) is 23.4 Å². The molecule has 0 atom stereocenters. The van der Waals surface area contributed by atoms with Crippen molar-refractivity contribution in [3.8, 4) is 16.9 Å². The van der Waals surface area contributed by atoms with Gasteiger partial charge in [-0.3, -0.25) is 10.2 Å². The maximum Gasteiger partial charge on any atom is 0.269 e. The van der Waals surface area contributed by atoms with Crippen LogP contribution < -0.4 is 5.43 Å². The number of hydrogen-bond donors (Lipinski definition) is 1. The maximum atomic E-state index is 13.1. The van der Waals surface area contributed by atoms with E-state index < -0.39 is 0 Å². The fourth-order valence-electron chi connectivity index (χ4n) is 3.38. The quantitative estimate of drug-likeness (QED) is 0.762. The molecule has 4 rings (SSSR count). The highest BCUT2D eigenvalue weighted by molar-refractivity contribution is 5.99. The van der Waals surface area contributed by atoms with Gasteiger partial charge in [-0.25, -0.2) is 9.69 Å². The Morgan fingerprint density at radius 1 is 1.00 bits per heavy atom. The minimum atomic E-state index is -0.122. The molecule has 0 bridgehead atoms. The molecule has 1 N–H and O–H groups in total. The zero-order chi connectivity index (χ0) is 19.5. The Labute approximate surface area is 165 Å². The first-order chi connectivity index (χ1) is 13.6. The fourth-order valence-corrected chi connectivity index (χ4v) is 3.38. The molecular formula is C22H25N5O. The molecule has 1 aliphatic rings. The third-order valence-corrected chi connectivity index (χ3v) is 5.03. The normalized spacial score (nSPS) is 15.5. The monoisotopic (exact) mass is 375 g/mol. The lowest BCUT2D eigenvalue weighted by Crippen LogP contribution is -2.52. The number of carbonyl (C=O) groups is 1. The second-order valence-corrected chi connectivity index (χ2v) is 7.27. The van der Waals surface area contributed by atoms with E-state index in [0.717, 1.165) is 43.0 Å². The van der Waals surface area contributed by atoms with Crippen molar-refractivity contribution in [3.05, 3.63) is 71.9 Å². The molecule has 1 aliphatic heterocycles. The Morgan fingerprint density at radius 3 is 2.46 bits per heavy atom. The van der Waals surface area contributed by atoms with Crippen molar-refractivity contribution in [3.63, 3.8) is 0 Å². The number of hydrogen-bond acceptors (Lipinski definition) is 4. The van der Waals surface area contributed by atoms with Gasteiger partial charge in [0.1, 0.15) is 5.69 Å². The average molecular weight is 375 g/mol. The van der Waals surface area contributed by atoms with E-state index in [1.807, 2.05) is 66.7 Å². The minimum Gasteiger partial charge on any atom is -0.304 e. The first-order valence-corrected chi connectivity index (χ1v) is 9.57. The zero-order valence-electron chi connectivity index (χ0n) is 16.3. The molecule has 0 saturated carbocycles. The Morgan fingerprint density at radius 2 is 1.75 bits per heavy atom. The number of aromatic nitrogens is 2. The molecule has 1 fully saturated rings. The van der Waals surface area contributed by atoms with Crippen molar-refractivity contribution in [1.29, 1.82) is 0 Å². The van der Waals surface area contributed by atoms with Crippen molar-refractivity contribution >= 4 is 5.91 Å². The Hall–Kier alpha value is -2.96. The second kappa shape index (κ2) is 7.96. The third kappa shape index (κ3) is 3.98. The summed E-state index contributed by atoms with van der Waals surface area (Å²) >= 11 is 0. The first kappa shape index (κ1) is 18.4. The van der Waals surface area contributed by atoms with Gasteiger partial charge in [0, 0.05) is 37.9 Å². The number of carbonyl (C=O) groups excluding carboxylic acids is 1. The summed E-state index contributed by atoms with van der Waals surface area (Å²) in [5, 5.41) is 6.74. The summed E-state index contributed by atoms with van der Waals surface area (Å²) < 4.78 is 1.77. The number of nitrogens with one attached hydrogen (secondary N) is 1. The van der Waals surface area contributed by atoms with Crippen LogP contribution in [0.5, 0.6) is 0 Å². The van der Waals surface area contributed by atoms with Crippen LogP contribution in [0, 0.1) is 6.92 Å². The number of benzene rings is 2. The largest absolute Gasteiger partial charge is 0.304 e. The van der Waals surface area contributed by atoms with E-state index in [4.69, 9.17) is 5.10 Å². The highest BCUT2D eigenvalue weighted by Crippen LogP contribution is 2.24. The topological polar surface area (TPSA) is 53.4 Å². The average Bonchev–Trinajstić information content (AvgIpc) is 3.16. The third-order valence-electron chi connectivity index (χ3n) is 5.03. The van der Waals surface area contributed by atoms with E-state index in [9.17, 15) is 4.79 Å². The summed E-state index contributed by atoms with van der Waals surface area (Å²) in [5.74, 6) is -0.122. The summed E-state index contributed by atoms with van der Waals surface area (Å²) in [6, 6.07) is 18.0. The van der Waals surface area contributed by atoms with Crippen molar-refractivity contribution in [1.82, 2.24) is 25.1 Å². The van der Waals surface area contributed by atoms with Gasteiger partial charge < -0.3 is 4.90 Å². The molecule has 0 aliphatic carbocycles. The van der Waals surface area contributed by atoms with Gasteiger partial charge in [0.2, 0.25) is 0 Å². The lowest BCUT2D eigenvalue weighted by Gasteiger charge is -2.32. The van der Waals surface area contributed by atoms with Gasteiger partial charge in [-0.15, -0.1) is 0 Å². The Bertz CT molecular complexity index is 958. The van der Waals surface area contributed by atoms with Crippen LogP contribution in [-0.2, 0) is 0 Å². The number of likely N-dealkylation sites (N-methyl/N-ethyl adjacent to an activating group) is 1. The predicted octanol–water partition coefficient (Wildman–Crippen LogP) is 2.74. The molecule has 144 valence electrons. The summed E-state index contributed by atoms with van der Waals surface area (Å²) in [5.41, 5.74) is 7.34. The zero-order valence-corrected chi connectivity index (χ0v) is 16.3. The second-order valence-electron chi connectivity index (χ2n) is 7.27. The summed E-state index contributed by atoms with van der Waals surface area (Å²) in [7, 11) is 2.10. The molecule has 3 aromatic rings. The van der Waals surface area contributed by atoms with Crippen LogP contribution in [0.15, 0.2) is 60.8 Å². The van der Waals surface area contributed by atoms with Gasteiger partial charge in [0.25, 0.3) is 5.91 Å². The van der Waals surface area contributed by atoms with Crippen LogP contribution >= 0.6 is 0 Å². The molecule has 0 spiro atoms. The molecule has 2 heterocycles. The smallest absolute Gasteiger partial charge is 0.269 e. The van der Waals surface area contributed by atoms with Crippen molar-refractivity contribution in [2.75, 3.05) is 33.2 Å². The van der Waals surface area contributed by atoms with Gasteiger partial charge in [0.05, 0.1) is 11.3 Å². The first-order valence-electron chi connectivity index (χ1n) is 9.57. The van der Waals surface area contributed by atoms with Crippen molar-refractivity contribution in [2.45, 2.75) is 6.92 Å². The van der Waals surface area contributed by atoms with Gasteiger partial charge in [0.15, 0.2) is 0 Å². The van der Waals surface area contributed by atoms with Crippen LogP contribution in [0.1, 0.15) is 15.9 Å². The molecule has 1 amide bonds. The van der Waals surface area contributed by atoms with Crippen molar-refractivity contribution < 1.29 is 4.79 Å². The molecule has 6 nitrogen and oxygen atoms in total. The van der Waals surface area contributed by atoms with Crippen LogP contribution in [-0.4, -0.2) is 58.8 Å². The standard InChI is InChI=1S/C22H25N5O/c1-17-7-6-8-18(15-17)21-20(16-27(23-21)19-9-4-3-5-10-19)22(28)24-26-13-11-25(2)12-14-26/h3-10,15-16H,11-14H2,1-2H3,(H,24,28). The lowest BCUT2D eigenvalue weighted by atomic mass is 10.1. The number of nitrogens with zero attached hydrogens (tertiary/aromatic N) is 4. The number of amides is 1. The molecular weight excluding hydrogens is 350 g/mol. The molecule has 0 radical (unpaired) electrons. The minimum absolute atomic E-state index is 0.122. The fraction of sp³-hybridized carbons (Fsp3) is 0.273. The number of piperazine rings is 1. The van der Waals surface area contributed by atoms with Gasteiger partial charge in [-0.1, -0.05) is 42.0 Å². The van der Waals surface area contributed by atoms with Gasteiger partial charge in [-0.05, 0) is 32.2 Å². The molecule has 6 heteroatoms. The van der Waals surface area contributed by atoms with E-state index in [1.54, 1.807) is 4.68 Å². The van der Waals surface area contributed by atoms with Crippen LogP contribution in [0.2, 0.25) is 0 Å². The van der Waals surface area contributed by atoms with Gasteiger partial charge in [-0.2, -0.15) is 5.10 Å². The predicted molar refractivity (Wildman–Crippen MR) is 110 cm³/mol. The summed E-state index contributed by atoms with van der Waals surface area (Å²) in [4.78, 5) is 15.4. The van der Waals surface area contributed by atoms with E-state index in [-0.39, 0.29) is 5.91 Å². The van der Waals surface area contributed by atoms with Crippen molar-refractivity contribution in [2.24, 2.45) is 0 Å². The highest BCUT2D eigenvalue weighted by atomic mass is 16.2. The van der Waals surface area contributed by atoms with E-state index >= 15 is 0 Å². The maximum absolute atomic E-state index is 13.1. The van der Waals surface area contributed by atoms with E-state index in [1.165, 1.54) is 0 Å². The molecule has 1 aromatic heterocycles. The summed E-state index contributed by atoms with van der Waals surface area (Å²) in [6.07, 6.45) is 1.82. The van der Waals surface area contributed by atoms with Crippen LogP contribution in [0.25, 0.3) is 16.9 Å². The van der Waals surface area contributed by atoms with Gasteiger partial charge >= 0.3 is 0 Å². The highest BCUT2D eigenvalue weighted by Gasteiger charge is 2.22. The summed E-state index contributed by atoms with van der Waals surface area (Å²) in [6.45, 7) is 5.55. The number of aryl methyl sites for hydroxylation is 1. The van der Waals surface area contributed by atoms with E-state index in [0.29, 0.717) is 11.3 Å². The molecule has 0 unspecified atom stereocenters. The molecule has 2 aromatic carbocycles. The number of hydrazine groups is 1. The molecule has 1 saturated heterocycles. The SMILES string of the molecule is Cc1cccc(-c2nn(-c3ccccc3)cc2C(=O)NN2CCN(C)CC2)c1. The lowest BCUT2D eigenvalue weighted by molar-refractivity contribution is 0.0663. The number of para-hydroxylation sites is 1. The van der Waals surface area contributed by atoms with Crippen LogP contribution in [0.4, 0.5) is 0 Å².